The van der Waals surface area contributed by atoms with Crippen molar-refractivity contribution in [2.75, 3.05) is 24.2 Å². The fourth-order valence-electron chi connectivity index (χ4n) is 8.57. The molecule has 0 saturated heterocycles. The standard InChI is InChI=1S/C36H42ClN3O4S/c1-38-35(42)33(19-25-6-4-3-5-7-25)39(23-26-8-12-31(37)13-9-26)34(41)24-40(45(2,43)44)32-14-10-30(11-15-32)36-20-27-16-28(21-36)18-29(17-27)22-36/h3-15,27-29,33H,16-24H2,1-2H3,(H,38,42)/t27?,28?,29?,33-,36?/m0/s1. The van der Waals surface area contributed by atoms with Gasteiger partial charge in [0.15, 0.2) is 0 Å². The molecule has 0 radical (unpaired) electrons. The summed E-state index contributed by atoms with van der Waals surface area (Å²) in [6, 6.07) is 23.6. The summed E-state index contributed by atoms with van der Waals surface area (Å²) in [4.78, 5) is 29.0. The maximum absolute atomic E-state index is 14.2. The summed E-state index contributed by atoms with van der Waals surface area (Å²) >= 11 is 6.12. The van der Waals surface area contributed by atoms with Gasteiger partial charge in [0.25, 0.3) is 0 Å². The van der Waals surface area contributed by atoms with Crippen LogP contribution in [0.4, 0.5) is 5.69 Å². The van der Waals surface area contributed by atoms with Crippen molar-refractivity contribution in [2.45, 2.75) is 62.9 Å². The van der Waals surface area contributed by atoms with Crippen molar-refractivity contribution in [3.05, 3.63) is 101 Å². The lowest BCUT2D eigenvalue weighted by molar-refractivity contribution is -0.139. The van der Waals surface area contributed by atoms with Crippen LogP contribution in [0.5, 0.6) is 0 Å². The minimum absolute atomic E-state index is 0.115. The summed E-state index contributed by atoms with van der Waals surface area (Å²) in [5.41, 5.74) is 3.59. The second kappa shape index (κ2) is 12.8. The average molecular weight is 648 g/mol. The van der Waals surface area contributed by atoms with Crippen LogP contribution in [0.1, 0.15) is 55.2 Å². The zero-order valence-corrected chi connectivity index (χ0v) is 27.6. The van der Waals surface area contributed by atoms with E-state index in [0.717, 1.165) is 39.4 Å². The van der Waals surface area contributed by atoms with Crippen LogP contribution >= 0.6 is 11.6 Å². The minimum Gasteiger partial charge on any atom is -0.357 e. The topological polar surface area (TPSA) is 86.8 Å². The number of carbonyl (C=O) groups excluding carboxylic acids is 2. The first-order chi connectivity index (χ1) is 21.5. The van der Waals surface area contributed by atoms with E-state index in [4.69, 9.17) is 11.6 Å². The van der Waals surface area contributed by atoms with E-state index < -0.39 is 28.5 Å². The Morgan fingerprint density at radius 1 is 0.867 bits per heavy atom. The molecular formula is C36H42ClN3O4S. The molecular weight excluding hydrogens is 606 g/mol. The fraction of sp³-hybridized carbons (Fsp3) is 0.444. The molecule has 4 aliphatic rings. The number of likely N-dealkylation sites (N-methyl/N-ethyl adjacent to an activating group) is 1. The van der Waals surface area contributed by atoms with E-state index in [-0.39, 0.29) is 24.3 Å². The number of carbonyl (C=O) groups is 2. The van der Waals surface area contributed by atoms with Gasteiger partial charge in [-0.2, -0.15) is 0 Å². The summed E-state index contributed by atoms with van der Waals surface area (Å²) in [7, 11) is -2.28. The molecule has 9 heteroatoms. The molecule has 0 spiro atoms. The Balaban J connectivity index is 1.29. The normalized spacial score (nSPS) is 24.2. The van der Waals surface area contributed by atoms with E-state index in [1.165, 1.54) is 49.0 Å². The number of rotatable bonds is 11. The summed E-state index contributed by atoms with van der Waals surface area (Å²) < 4.78 is 27.6. The average Bonchev–Trinajstić information content (AvgIpc) is 3.01. The maximum atomic E-state index is 14.2. The van der Waals surface area contributed by atoms with Crippen molar-refractivity contribution in [3.8, 4) is 0 Å². The van der Waals surface area contributed by atoms with Crippen LogP contribution in [-0.2, 0) is 38.0 Å². The summed E-state index contributed by atoms with van der Waals surface area (Å²) in [5.74, 6) is 1.61. The number of halogens is 1. The lowest BCUT2D eigenvalue weighted by Gasteiger charge is -2.57. The van der Waals surface area contributed by atoms with Crippen molar-refractivity contribution in [1.29, 1.82) is 0 Å². The number of anilines is 1. The van der Waals surface area contributed by atoms with Gasteiger partial charge < -0.3 is 10.2 Å². The number of hydrogen-bond acceptors (Lipinski definition) is 4. The van der Waals surface area contributed by atoms with Gasteiger partial charge in [0.05, 0.1) is 11.9 Å². The van der Waals surface area contributed by atoms with E-state index in [9.17, 15) is 18.0 Å². The molecule has 7 nitrogen and oxygen atoms in total. The van der Waals surface area contributed by atoms with Gasteiger partial charge in [-0.15, -0.1) is 0 Å². The van der Waals surface area contributed by atoms with Gasteiger partial charge in [-0.25, -0.2) is 8.42 Å². The number of amides is 2. The lowest BCUT2D eigenvalue weighted by Crippen LogP contribution is -2.52. The van der Waals surface area contributed by atoms with Gasteiger partial charge in [-0.05, 0) is 103 Å². The van der Waals surface area contributed by atoms with Crippen molar-refractivity contribution >= 4 is 39.1 Å². The first-order valence-electron chi connectivity index (χ1n) is 15.9. The minimum atomic E-state index is -3.83. The molecule has 1 N–H and O–H groups in total. The van der Waals surface area contributed by atoms with Gasteiger partial charge in [0.2, 0.25) is 21.8 Å². The molecule has 0 aromatic heterocycles. The van der Waals surface area contributed by atoms with Gasteiger partial charge in [0, 0.05) is 25.0 Å². The number of sulfonamides is 1. The Bertz CT molecular complexity index is 1590. The van der Waals surface area contributed by atoms with Crippen molar-refractivity contribution in [2.24, 2.45) is 17.8 Å². The Hall–Kier alpha value is -3.36. The molecule has 0 heterocycles. The number of nitrogens with zero attached hydrogens (tertiary/aromatic N) is 2. The second-order valence-corrected chi connectivity index (χ2v) is 15.8. The quantitative estimate of drug-likeness (QED) is 0.278. The van der Waals surface area contributed by atoms with E-state index in [1.54, 1.807) is 19.2 Å². The number of nitrogens with one attached hydrogen (secondary N) is 1. The molecule has 4 saturated carbocycles. The van der Waals surface area contributed by atoms with Crippen LogP contribution < -0.4 is 9.62 Å². The number of hydrogen-bond donors (Lipinski definition) is 1. The fourth-order valence-corrected chi connectivity index (χ4v) is 9.54. The van der Waals surface area contributed by atoms with Crippen LogP contribution in [0.3, 0.4) is 0 Å². The Morgan fingerprint density at radius 3 is 1.98 bits per heavy atom. The largest absolute Gasteiger partial charge is 0.357 e. The molecule has 45 heavy (non-hydrogen) atoms. The molecule has 2 amide bonds. The van der Waals surface area contributed by atoms with Crippen LogP contribution in [0, 0.1) is 17.8 Å². The van der Waals surface area contributed by atoms with E-state index >= 15 is 0 Å². The zero-order valence-electron chi connectivity index (χ0n) is 26.0. The summed E-state index contributed by atoms with van der Waals surface area (Å²) in [5, 5.41) is 3.26. The molecule has 3 aromatic carbocycles. The third-order valence-corrected chi connectivity index (χ3v) is 11.7. The Morgan fingerprint density at radius 2 is 1.44 bits per heavy atom. The van der Waals surface area contributed by atoms with Crippen molar-refractivity contribution in [1.82, 2.24) is 10.2 Å². The zero-order chi connectivity index (χ0) is 31.8. The SMILES string of the molecule is CNC(=O)[C@H](Cc1ccccc1)N(Cc1ccc(Cl)cc1)C(=O)CN(c1ccc(C23CC4CC(CC(C4)C2)C3)cc1)S(C)(=O)=O. The van der Waals surface area contributed by atoms with Gasteiger partial charge in [-0.1, -0.05) is 66.2 Å². The van der Waals surface area contributed by atoms with E-state index in [2.05, 4.69) is 17.4 Å². The predicted molar refractivity (Wildman–Crippen MR) is 178 cm³/mol. The highest BCUT2D eigenvalue weighted by atomic mass is 35.5. The highest BCUT2D eigenvalue weighted by Gasteiger charge is 2.51. The van der Waals surface area contributed by atoms with Gasteiger partial charge >= 0.3 is 0 Å². The van der Waals surface area contributed by atoms with E-state index in [0.29, 0.717) is 10.7 Å². The molecule has 4 fully saturated rings. The van der Waals surface area contributed by atoms with Crippen molar-refractivity contribution < 1.29 is 18.0 Å². The van der Waals surface area contributed by atoms with Crippen LogP contribution in [0.25, 0.3) is 0 Å². The van der Waals surface area contributed by atoms with Gasteiger partial charge in [-0.3, -0.25) is 13.9 Å². The molecule has 4 bridgehead atoms. The first kappa shape index (κ1) is 31.6. The van der Waals surface area contributed by atoms with Crippen LogP contribution in [0.2, 0.25) is 5.02 Å². The monoisotopic (exact) mass is 647 g/mol. The smallest absolute Gasteiger partial charge is 0.244 e. The highest BCUT2D eigenvalue weighted by molar-refractivity contribution is 7.92. The van der Waals surface area contributed by atoms with Crippen LogP contribution in [-0.4, -0.2) is 51.0 Å². The third-order valence-electron chi connectivity index (χ3n) is 10.3. The molecule has 0 aliphatic heterocycles. The van der Waals surface area contributed by atoms with Crippen molar-refractivity contribution in [3.63, 3.8) is 0 Å². The molecule has 3 aromatic rings. The Kier molecular flexibility index (Phi) is 8.99. The second-order valence-electron chi connectivity index (χ2n) is 13.5. The van der Waals surface area contributed by atoms with Gasteiger partial charge in [0.1, 0.15) is 12.6 Å². The van der Waals surface area contributed by atoms with Crippen LogP contribution in [0.15, 0.2) is 78.9 Å². The molecule has 0 unspecified atom stereocenters. The summed E-state index contributed by atoms with van der Waals surface area (Å²) in [6.07, 6.45) is 9.12. The van der Waals surface area contributed by atoms with E-state index in [1.807, 2.05) is 54.6 Å². The first-order valence-corrected chi connectivity index (χ1v) is 18.1. The maximum Gasteiger partial charge on any atom is 0.244 e. The molecule has 7 rings (SSSR count). The third kappa shape index (κ3) is 6.92. The molecule has 4 aliphatic carbocycles. The molecule has 238 valence electrons. The summed E-state index contributed by atoms with van der Waals surface area (Å²) in [6.45, 7) is -0.311. The predicted octanol–water partition coefficient (Wildman–Crippen LogP) is 5.96. The Labute approximate surface area is 272 Å². The number of benzene rings is 3. The molecule has 1 atom stereocenters. The lowest BCUT2D eigenvalue weighted by atomic mass is 9.48. The highest BCUT2D eigenvalue weighted by Crippen LogP contribution is 2.60.